The van der Waals surface area contributed by atoms with E-state index < -0.39 is 0 Å². The second-order valence-corrected chi connectivity index (χ2v) is 6.83. The molecule has 2 nitrogen and oxygen atoms in total. The van der Waals surface area contributed by atoms with Gasteiger partial charge in [0.1, 0.15) is 11.5 Å². The van der Waals surface area contributed by atoms with Crippen LogP contribution in [-0.4, -0.2) is 10.2 Å². The SMILES string of the molecule is Oc1ccc(C23CCC(c4ccc(O)cc4)(CC2)C3)cc1. The lowest BCUT2D eigenvalue weighted by Gasteiger charge is -2.28. The first kappa shape index (κ1) is 12.8. The van der Waals surface area contributed by atoms with E-state index in [1.54, 1.807) is 0 Å². The Labute approximate surface area is 125 Å². The summed E-state index contributed by atoms with van der Waals surface area (Å²) in [6.07, 6.45) is 6.07. The Bertz CT molecular complexity index is 587. The van der Waals surface area contributed by atoms with Crippen LogP contribution in [0.3, 0.4) is 0 Å². The molecule has 21 heavy (non-hydrogen) atoms. The molecule has 2 saturated carbocycles. The van der Waals surface area contributed by atoms with Crippen molar-refractivity contribution in [3.8, 4) is 11.5 Å². The van der Waals surface area contributed by atoms with Crippen molar-refractivity contribution in [1.82, 2.24) is 0 Å². The van der Waals surface area contributed by atoms with Crippen molar-refractivity contribution in [3.63, 3.8) is 0 Å². The molecule has 0 spiro atoms. The van der Waals surface area contributed by atoms with Crippen molar-refractivity contribution in [2.45, 2.75) is 42.9 Å². The highest BCUT2D eigenvalue weighted by molar-refractivity contribution is 5.41. The molecule has 2 fully saturated rings. The van der Waals surface area contributed by atoms with Gasteiger partial charge < -0.3 is 10.2 Å². The predicted octanol–water partition coefficient (Wildman–Crippen LogP) is 4.25. The number of fused-ring (bicyclic) bond motifs is 2. The van der Waals surface area contributed by atoms with E-state index in [1.165, 1.54) is 43.2 Å². The van der Waals surface area contributed by atoms with Crippen LogP contribution in [0.4, 0.5) is 0 Å². The van der Waals surface area contributed by atoms with Gasteiger partial charge in [-0.1, -0.05) is 24.3 Å². The van der Waals surface area contributed by atoms with Gasteiger partial charge in [-0.25, -0.2) is 0 Å². The van der Waals surface area contributed by atoms with Crippen LogP contribution in [0, 0.1) is 0 Å². The first-order valence-corrected chi connectivity index (χ1v) is 7.71. The second-order valence-electron chi connectivity index (χ2n) is 6.83. The molecule has 0 aromatic heterocycles. The van der Waals surface area contributed by atoms with Crippen LogP contribution >= 0.6 is 0 Å². The smallest absolute Gasteiger partial charge is 0.115 e. The number of hydrogen-bond acceptors (Lipinski definition) is 2. The summed E-state index contributed by atoms with van der Waals surface area (Å²) in [5.74, 6) is 0.687. The zero-order valence-electron chi connectivity index (χ0n) is 12.0. The molecule has 0 atom stereocenters. The van der Waals surface area contributed by atoms with Gasteiger partial charge in [0.05, 0.1) is 0 Å². The van der Waals surface area contributed by atoms with Crippen LogP contribution in [0.15, 0.2) is 48.5 Å². The van der Waals surface area contributed by atoms with Gasteiger partial charge in [0.2, 0.25) is 0 Å². The summed E-state index contributed by atoms with van der Waals surface area (Å²) in [4.78, 5) is 0. The number of phenols is 2. The third-order valence-electron chi connectivity index (χ3n) is 5.80. The third kappa shape index (κ3) is 1.85. The lowest BCUT2D eigenvalue weighted by Crippen LogP contribution is -2.19. The summed E-state index contributed by atoms with van der Waals surface area (Å²) in [6.45, 7) is 0. The van der Waals surface area contributed by atoms with Crippen molar-refractivity contribution in [3.05, 3.63) is 59.7 Å². The zero-order chi connectivity index (χ0) is 14.5. The van der Waals surface area contributed by atoms with Crippen molar-refractivity contribution in [2.24, 2.45) is 0 Å². The number of hydrogen-bond donors (Lipinski definition) is 2. The number of aromatic hydroxyl groups is 2. The lowest BCUT2D eigenvalue weighted by molar-refractivity contribution is 0.393. The highest BCUT2D eigenvalue weighted by Crippen LogP contribution is 2.63. The van der Waals surface area contributed by atoms with E-state index in [-0.39, 0.29) is 10.8 Å². The first-order chi connectivity index (χ1) is 10.1. The van der Waals surface area contributed by atoms with Gasteiger partial charge in [-0.2, -0.15) is 0 Å². The van der Waals surface area contributed by atoms with Crippen LogP contribution in [0.5, 0.6) is 11.5 Å². The van der Waals surface area contributed by atoms with E-state index in [2.05, 4.69) is 24.3 Å². The second kappa shape index (κ2) is 4.27. The monoisotopic (exact) mass is 280 g/mol. The van der Waals surface area contributed by atoms with Crippen LogP contribution in [0.25, 0.3) is 0 Å². The minimum atomic E-state index is 0.283. The molecule has 0 amide bonds. The van der Waals surface area contributed by atoms with Crippen LogP contribution in [0.2, 0.25) is 0 Å². The van der Waals surface area contributed by atoms with Gasteiger partial charge in [-0.3, -0.25) is 0 Å². The molecule has 2 aromatic carbocycles. The Morgan fingerprint density at radius 2 is 0.905 bits per heavy atom. The van der Waals surface area contributed by atoms with Crippen molar-refractivity contribution >= 4 is 0 Å². The van der Waals surface area contributed by atoms with E-state index in [1.807, 2.05) is 24.3 Å². The van der Waals surface area contributed by atoms with Crippen LogP contribution < -0.4 is 0 Å². The molecule has 2 bridgehead atoms. The van der Waals surface area contributed by atoms with E-state index in [0.717, 1.165) is 0 Å². The highest BCUT2D eigenvalue weighted by atomic mass is 16.3. The minimum Gasteiger partial charge on any atom is -0.508 e. The molecule has 108 valence electrons. The number of rotatable bonds is 2. The van der Waals surface area contributed by atoms with Gasteiger partial charge in [0, 0.05) is 0 Å². The Balaban J connectivity index is 1.69. The Morgan fingerprint density at radius 3 is 1.24 bits per heavy atom. The maximum Gasteiger partial charge on any atom is 0.115 e. The topological polar surface area (TPSA) is 40.5 Å². The molecule has 2 heteroatoms. The summed E-state index contributed by atoms with van der Waals surface area (Å²) >= 11 is 0. The van der Waals surface area contributed by atoms with Crippen LogP contribution in [0.1, 0.15) is 43.2 Å². The van der Waals surface area contributed by atoms with Gasteiger partial charge in [-0.05, 0) is 78.3 Å². The van der Waals surface area contributed by atoms with Gasteiger partial charge in [0.25, 0.3) is 0 Å². The standard InChI is InChI=1S/C19H20O2/c20-16-5-1-14(2-6-16)18-9-11-19(13-18,12-10-18)15-3-7-17(21)8-4-15/h1-8,20-21H,9-13H2. The Hall–Kier alpha value is -1.96. The van der Waals surface area contributed by atoms with Crippen molar-refractivity contribution in [2.75, 3.05) is 0 Å². The van der Waals surface area contributed by atoms with Crippen molar-refractivity contribution in [1.29, 1.82) is 0 Å². The molecule has 0 heterocycles. The van der Waals surface area contributed by atoms with Crippen LogP contribution in [-0.2, 0) is 10.8 Å². The predicted molar refractivity (Wildman–Crippen MR) is 82.7 cm³/mol. The fourth-order valence-corrected chi connectivity index (χ4v) is 4.62. The number of benzene rings is 2. The highest BCUT2D eigenvalue weighted by Gasteiger charge is 2.55. The average molecular weight is 280 g/mol. The average Bonchev–Trinajstić information content (AvgIpc) is 3.07. The number of phenolic OH excluding ortho intramolecular Hbond substituents is 2. The summed E-state index contributed by atoms with van der Waals surface area (Å²) in [5, 5.41) is 19.0. The maximum absolute atomic E-state index is 9.50. The molecule has 2 N–H and O–H groups in total. The minimum absolute atomic E-state index is 0.283. The third-order valence-corrected chi connectivity index (χ3v) is 5.80. The molecule has 0 unspecified atom stereocenters. The molecule has 4 rings (SSSR count). The first-order valence-electron chi connectivity index (χ1n) is 7.71. The largest absolute Gasteiger partial charge is 0.508 e. The quantitative estimate of drug-likeness (QED) is 0.863. The van der Waals surface area contributed by atoms with Crippen molar-refractivity contribution < 1.29 is 10.2 Å². The summed E-state index contributed by atoms with van der Waals surface area (Å²) < 4.78 is 0. The van der Waals surface area contributed by atoms with E-state index in [9.17, 15) is 10.2 Å². The van der Waals surface area contributed by atoms with Gasteiger partial charge >= 0.3 is 0 Å². The van der Waals surface area contributed by atoms with E-state index in [4.69, 9.17) is 0 Å². The summed E-state index contributed by atoms with van der Waals surface area (Å²) in [5.41, 5.74) is 3.31. The summed E-state index contributed by atoms with van der Waals surface area (Å²) in [6, 6.07) is 15.6. The molecule has 2 aliphatic carbocycles. The zero-order valence-corrected chi connectivity index (χ0v) is 12.0. The molecule has 0 saturated heterocycles. The molecule has 0 radical (unpaired) electrons. The molecular weight excluding hydrogens is 260 g/mol. The van der Waals surface area contributed by atoms with E-state index in [0.29, 0.717) is 11.5 Å². The molecule has 2 aromatic rings. The maximum atomic E-state index is 9.50. The normalized spacial score (nSPS) is 30.7. The molecule has 0 aliphatic heterocycles. The van der Waals surface area contributed by atoms with Gasteiger partial charge in [-0.15, -0.1) is 0 Å². The van der Waals surface area contributed by atoms with Gasteiger partial charge in [0.15, 0.2) is 0 Å². The fourth-order valence-electron chi connectivity index (χ4n) is 4.62. The lowest BCUT2D eigenvalue weighted by atomic mass is 9.76. The van der Waals surface area contributed by atoms with E-state index >= 15 is 0 Å². The fraction of sp³-hybridized carbons (Fsp3) is 0.368. The molecular formula is C19H20O2. The Morgan fingerprint density at radius 1 is 0.571 bits per heavy atom. The molecule has 2 aliphatic rings. The Kier molecular flexibility index (Phi) is 2.59. The summed E-state index contributed by atoms with van der Waals surface area (Å²) in [7, 11) is 0.